The zero-order valence-electron chi connectivity index (χ0n) is 8.84. The van der Waals surface area contributed by atoms with E-state index in [1.807, 2.05) is 31.2 Å². The number of rotatable bonds is 4. The summed E-state index contributed by atoms with van der Waals surface area (Å²) < 4.78 is 5.35. The zero-order chi connectivity index (χ0) is 11.4. The maximum absolute atomic E-state index is 10.5. The molecule has 1 heterocycles. The fourth-order valence-electron chi connectivity index (χ4n) is 1.36. The Balaban J connectivity index is 2.23. The third-order valence-corrected chi connectivity index (χ3v) is 3.05. The van der Waals surface area contributed by atoms with Crippen LogP contribution in [0.2, 0.25) is 0 Å². The number of carbonyl (C=O) groups excluding carboxylic acids is 1. The van der Waals surface area contributed by atoms with Crippen LogP contribution in [0, 0.1) is 0 Å². The summed E-state index contributed by atoms with van der Waals surface area (Å²) in [5, 5.41) is 0.504. The summed E-state index contributed by atoms with van der Waals surface area (Å²) in [7, 11) is 0. The van der Waals surface area contributed by atoms with Crippen molar-refractivity contribution in [2.75, 3.05) is 6.61 Å². The Bertz CT molecular complexity index is 476. The number of ether oxygens (including phenoxy) is 1. The van der Waals surface area contributed by atoms with Crippen molar-refractivity contribution in [3.05, 3.63) is 35.5 Å². The molecule has 82 valence electrons. The molecule has 0 amide bonds. The molecule has 0 aliphatic carbocycles. The molecule has 4 heteroatoms. The van der Waals surface area contributed by atoms with Crippen molar-refractivity contribution in [3.8, 4) is 16.2 Å². The van der Waals surface area contributed by atoms with E-state index in [4.69, 9.17) is 4.74 Å². The molecule has 0 unspecified atom stereocenters. The first-order chi connectivity index (χ1) is 7.83. The topological polar surface area (TPSA) is 39.2 Å². The summed E-state index contributed by atoms with van der Waals surface area (Å²) in [6, 6.07) is 7.76. The van der Waals surface area contributed by atoms with Crippen molar-refractivity contribution in [1.29, 1.82) is 0 Å². The zero-order valence-corrected chi connectivity index (χ0v) is 9.66. The second-order valence-corrected chi connectivity index (χ2v) is 4.20. The molecule has 0 aliphatic rings. The molecule has 0 radical (unpaired) electrons. The van der Waals surface area contributed by atoms with Crippen LogP contribution in [0.4, 0.5) is 0 Å². The fraction of sp³-hybridized carbons (Fsp3) is 0.167. The first kappa shape index (κ1) is 10.8. The summed E-state index contributed by atoms with van der Waals surface area (Å²) in [4.78, 5) is 15.5. The van der Waals surface area contributed by atoms with Gasteiger partial charge in [-0.25, -0.2) is 4.98 Å². The minimum atomic E-state index is 0.504. The molecule has 0 spiro atoms. The van der Waals surface area contributed by atoms with Gasteiger partial charge < -0.3 is 4.74 Å². The summed E-state index contributed by atoms with van der Waals surface area (Å²) in [5.74, 6) is 0.853. The van der Waals surface area contributed by atoms with Gasteiger partial charge in [0.1, 0.15) is 5.75 Å². The van der Waals surface area contributed by atoms with Gasteiger partial charge in [-0.2, -0.15) is 0 Å². The van der Waals surface area contributed by atoms with Crippen LogP contribution in [0.15, 0.2) is 30.5 Å². The smallest absolute Gasteiger partial charge is 0.178 e. The molecule has 2 rings (SSSR count). The Kier molecular flexibility index (Phi) is 3.31. The van der Waals surface area contributed by atoms with Gasteiger partial charge in [-0.1, -0.05) is 0 Å². The summed E-state index contributed by atoms with van der Waals surface area (Å²) in [6.45, 7) is 2.61. The number of nitrogens with zero attached hydrogens (tertiary/aromatic N) is 1. The highest BCUT2D eigenvalue weighted by Crippen LogP contribution is 2.27. The van der Waals surface area contributed by atoms with Crippen LogP contribution in [0.25, 0.3) is 10.4 Å². The molecule has 2 aromatic rings. The minimum Gasteiger partial charge on any atom is -0.494 e. The van der Waals surface area contributed by atoms with E-state index in [2.05, 4.69) is 4.98 Å². The standard InChI is InChI=1S/C12H11NO2S/c1-2-15-10-5-3-9(4-6-10)11-7-13-12(8-14)16-11/h3-8H,2H2,1H3. The van der Waals surface area contributed by atoms with Gasteiger partial charge in [0.25, 0.3) is 0 Å². The molecule has 1 aromatic carbocycles. The molecule has 16 heavy (non-hydrogen) atoms. The van der Waals surface area contributed by atoms with Gasteiger partial charge in [0.15, 0.2) is 11.3 Å². The van der Waals surface area contributed by atoms with E-state index in [9.17, 15) is 4.79 Å². The molecule has 0 aliphatic heterocycles. The lowest BCUT2D eigenvalue weighted by molar-refractivity contribution is 0.112. The molecular formula is C12H11NO2S. The molecule has 1 aromatic heterocycles. The number of carbonyl (C=O) groups is 1. The summed E-state index contributed by atoms with van der Waals surface area (Å²) >= 11 is 1.39. The normalized spacial score (nSPS) is 10.1. The summed E-state index contributed by atoms with van der Waals surface area (Å²) in [6.07, 6.45) is 2.48. The largest absolute Gasteiger partial charge is 0.494 e. The SMILES string of the molecule is CCOc1ccc(-c2cnc(C=O)s2)cc1. The van der Waals surface area contributed by atoms with Gasteiger partial charge >= 0.3 is 0 Å². The molecular weight excluding hydrogens is 222 g/mol. The Morgan fingerprint density at radius 3 is 2.69 bits per heavy atom. The average Bonchev–Trinajstić information content (AvgIpc) is 2.79. The lowest BCUT2D eigenvalue weighted by Crippen LogP contribution is -1.90. The van der Waals surface area contributed by atoms with Crippen LogP contribution in [0.3, 0.4) is 0 Å². The van der Waals surface area contributed by atoms with Gasteiger partial charge in [-0.15, -0.1) is 11.3 Å². The first-order valence-corrected chi connectivity index (χ1v) is 5.79. The minimum absolute atomic E-state index is 0.504. The van der Waals surface area contributed by atoms with Gasteiger partial charge in [0.2, 0.25) is 0 Å². The van der Waals surface area contributed by atoms with Crippen molar-refractivity contribution in [3.63, 3.8) is 0 Å². The molecule has 0 saturated carbocycles. The van der Waals surface area contributed by atoms with Crippen LogP contribution in [0.1, 0.15) is 16.7 Å². The Labute approximate surface area is 97.7 Å². The number of aldehydes is 1. The van der Waals surface area contributed by atoms with E-state index in [1.54, 1.807) is 6.20 Å². The van der Waals surface area contributed by atoms with Crippen molar-refractivity contribution in [2.24, 2.45) is 0 Å². The van der Waals surface area contributed by atoms with Crippen molar-refractivity contribution in [2.45, 2.75) is 6.92 Å². The Morgan fingerprint density at radius 2 is 2.12 bits per heavy atom. The van der Waals surface area contributed by atoms with E-state index < -0.39 is 0 Å². The highest BCUT2D eigenvalue weighted by molar-refractivity contribution is 7.16. The second kappa shape index (κ2) is 4.90. The summed E-state index contributed by atoms with van der Waals surface area (Å²) in [5.41, 5.74) is 1.05. The van der Waals surface area contributed by atoms with Crippen LogP contribution in [-0.4, -0.2) is 17.9 Å². The van der Waals surface area contributed by atoms with E-state index in [1.165, 1.54) is 11.3 Å². The van der Waals surface area contributed by atoms with Gasteiger partial charge in [0.05, 0.1) is 11.5 Å². The predicted molar refractivity (Wildman–Crippen MR) is 64.1 cm³/mol. The molecule has 3 nitrogen and oxygen atoms in total. The van der Waals surface area contributed by atoms with E-state index in [0.29, 0.717) is 11.6 Å². The number of aromatic nitrogens is 1. The van der Waals surface area contributed by atoms with Crippen LogP contribution in [-0.2, 0) is 0 Å². The van der Waals surface area contributed by atoms with Crippen molar-refractivity contribution >= 4 is 17.6 Å². The molecule has 0 N–H and O–H groups in total. The van der Waals surface area contributed by atoms with Gasteiger partial charge in [0, 0.05) is 6.20 Å². The molecule has 0 fully saturated rings. The molecule has 0 atom stereocenters. The predicted octanol–water partition coefficient (Wildman–Crippen LogP) is 3.02. The number of benzene rings is 1. The van der Waals surface area contributed by atoms with Crippen LogP contribution < -0.4 is 4.74 Å². The Morgan fingerprint density at radius 1 is 1.38 bits per heavy atom. The van der Waals surface area contributed by atoms with E-state index in [-0.39, 0.29) is 0 Å². The lowest BCUT2D eigenvalue weighted by Gasteiger charge is -2.02. The van der Waals surface area contributed by atoms with E-state index in [0.717, 1.165) is 22.5 Å². The van der Waals surface area contributed by atoms with Crippen LogP contribution >= 0.6 is 11.3 Å². The number of hydrogen-bond acceptors (Lipinski definition) is 4. The monoisotopic (exact) mass is 233 g/mol. The van der Waals surface area contributed by atoms with Crippen molar-refractivity contribution < 1.29 is 9.53 Å². The Hall–Kier alpha value is -1.68. The third kappa shape index (κ3) is 2.28. The highest BCUT2D eigenvalue weighted by atomic mass is 32.1. The van der Waals surface area contributed by atoms with Gasteiger partial charge in [-0.3, -0.25) is 4.79 Å². The quantitative estimate of drug-likeness (QED) is 0.762. The fourth-order valence-corrected chi connectivity index (χ4v) is 2.10. The third-order valence-electron chi connectivity index (χ3n) is 2.07. The molecule has 0 saturated heterocycles. The second-order valence-electron chi connectivity index (χ2n) is 3.14. The number of hydrogen-bond donors (Lipinski definition) is 0. The van der Waals surface area contributed by atoms with E-state index >= 15 is 0 Å². The lowest BCUT2D eigenvalue weighted by atomic mass is 10.2. The average molecular weight is 233 g/mol. The molecule has 0 bridgehead atoms. The highest BCUT2D eigenvalue weighted by Gasteiger charge is 2.03. The maximum atomic E-state index is 10.5. The first-order valence-electron chi connectivity index (χ1n) is 4.97. The van der Waals surface area contributed by atoms with Gasteiger partial charge in [-0.05, 0) is 36.8 Å². The number of thiazole rings is 1. The van der Waals surface area contributed by atoms with Crippen molar-refractivity contribution in [1.82, 2.24) is 4.98 Å². The maximum Gasteiger partial charge on any atom is 0.178 e. The van der Waals surface area contributed by atoms with Crippen LogP contribution in [0.5, 0.6) is 5.75 Å².